The van der Waals surface area contributed by atoms with E-state index < -0.39 is 28.5 Å². The highest BCUT2D eigenvalue weighted by molar-refractivity contribution is 7.89. The van der Waals surface area contributed by atoms with Crippen LogP contribution in [-0.4, -0.2) is 44.3 Å². The Morgan fingerprint density at radius 1 is 1.03 bits per heavy atom. The third-order valence-electron chi connectivity index (χ3n) is 5.12. The molecular formula is C22H24Cl2N2O5S. The van der Waals surface area contributed by atoms with Gasteiger partial charge in [-0.1, -0.05) is 43.1 Å². The summed E-state index contributed by atoms with van der Waals surface area (Å²) in [5.41, 5.74) is 0.362. The Balaban J connectivity index is 1.61. The van der Waals surface area contributed by atoms with Gasteiger partial charge in [0.05, 0.1) is 26.2 Å². The van der Waals surface area contributed by atoms with Crippen molar-refractivity contribution in [2.24, 2.45) is 11.8 Å². The average molecular weight is 499 g/mol. The summed E-state index contributed by atoms with van der Waals surface area (Å²) in [6, 6.07) is 10.3. The number of nitrogens with one attached hydrogen (secondary N) is 1. The number of carbonyl (C=O) groups excluding carboxylic acids is 2. The Kier molecular flexibility index (Phi) is 7.82. The van der Waals surface area contributed by atoms with Crippen LogP contribution < -0.4 is 5.32 Å². The van der Waals surface area contributed by atoms with Gasteiger partial charge in [-0.2, -0.15) is 4.31 Å². The molecule has 1 aliphatic rings. The van der Waals surface area contributed by atoms with Crippen molar-refractivity contribution in [3.8, 4) is 0 Å². The Morgan fingerprint density at radius 2 is 1.59 bits per heavy atom. The second-order valence-corrected chi connectivity index (χ2v) is 10.8. The largest absolute Gasteiger partial charge is 0.452 e. The Morgan fingerprint density at radius 3 is 2.16 bits per heavy atom. The predicted molar refractivity (Wildman–Crippen MR) is 124 cm³/mol. The van der Waals surface area contributed by atoms with Gasteiger partial charge in [-0.05, 0) is 54.7 Å². The molecule has 2 aromatic carbocycles. The van der Waals surface area contributed by atoms with E-state index in [2.05, 4.69) is 5.32 Å². The van der Waals surface area contributed by atoms with Gasteiger partial charge in [0, 0.05) is 13.1 Å². The van der Waals surface area contributed by atoms with Crippen LogP contribution in [0, 0.1) is 11.8 Å². The van der Waals surface area contributed by atoms with E-state index in [4.69, 9.17) is 27.9 Å². The number of halogens is 2. The quantitative estimate of drug-likeness (QED) is 0.593. The molecule has 0 bridgehead atoms. The Hall–Kier alpha value is -2.13. The molecule has 1 N–H and O–H groups in total. The zero-order valence-electron chi connectivity index (χ0n) is 17.7. The van der Waals surface area contributed by atoms with E-state index in [1.807, 2.05) is 13.8 Å². The first kappa shape index (κ1) is 24.5. The highest BCUT2D eigenvalue weighted by atomic mass is 35.5. The van der Waals surface area contributed by atoms with Gasteiger partial charge in [0.25, 0.3) is 5.91 Å². The standard InChI is InChI=1S/C22H24Cl2N2O5S/c1-14-10-15(2)12-26(11-14)32(29,30)17-8-6-16(7-9-17)22(28)31-13-20(27)25-21-18(23)4-3-5-19(21)24/h3-9,14-15H,10-13H2,1-2H3,(H,25,27)/t14-,15+. The highest BCUT2D eigenvalue weighted by Crippen LogP contribution is 2.30. The number of amides is 1. The second-order valence-electron chi connectivity index (χ2n) is 8.01. The first-order valence-electron chi connectivity index (χ1n) is 10.1. The van der Waals surface area contributed by atoms with Gasteiger partial charge in [-0.15, -0.1) is 0 Å². The monoisotopic (exact) mass is 498 g/mol. The summed E-state index contributed by atoms with van der Waals surface area (Å²) in [6.45, 7) is 4.46. The number of anilines is 1. The molecule has 32 heavy (non-hydrogen) atoms. The molecule has 1 amide bonds. The zero-order valence-corrected chi connectivity index (χ0v) is 20.0. The molecule has 0 saturated carbocycles. The van der Waals surface area contributed by atoms with Crippen LogP contribution in [0.25, 0.3) is 0 Å². The maximum absolute atomic E-state index is 12.9. The summed E-state index contributed by atoms with van der Waals surface area (Å²) in [6.07, 6.45) is 0.993. The fraction of sp³-hybridized carbons (Fsp3) is 0.364. The molecule has 10 heteroatoms. The number of carbonyl (C=O) groups is 2. The van der Waals surface area contributed by atoms with Crippen molar-refractivity contribution >= 4 is 50.8 Å². The van der Waals surface area contributed by atoms with Crippen molar-refractivity contribution < 1.29 is 22.7 Å². The van der Waals surface area contributed by atoms with Crippen LogP contribution in [-0.2, 0) is 19.6 Å². The molecule has 172 valence electrons. The molecule has 0 radical (unpaired) electrons. The number of piperidine rings is 1. The Labute approximate surface area is 197 Å². The van der Waals surface area contributed by atoms with Gasteiger partial charge >= 0.3 is 5.97 Å². The van der Waals surface area contributed by atoms with Crippen LogP contribution in [0.4, 0.5) is 5.69 Å². The van der Waals surface area contributed by atoms with Gasteiger partial charge < -0.3 is 10.1 Å². The van der Waals surface area contributed by atoms with Gasteiger partial charge in [0.2, 0.25) is 10.0 Å². The van der Waals surface area contributed by atoms with Crippen LogP contribution in [0.3, 0.4) is 0 Å². The summed E-state index contributed by atoms with van der Waals surface area (Å²) in [5, 5.41) is 3.00. The van der Waals surface area contributed by atoms with Crippen LogP contribution >= 0.6 is 23.2 Å². The van der Waals surface area contributed by atoms with Crippen LogP contribution in [0.5, 0.6) is 0 Å². The van der Waals surface area contributed by atoms with E-state index in [9.17, 15) is 18.0 Å². The highest BCUT2D eigenvalue weighted by Gasteiger charge is 2.31. The summed E-state index contributed by atoms with van der Waals surface area (Å²) < 4.78 is 32.4. The number of hydrogen-bond donors (Lipinski definition) is 1. The van der Waals surface area contributed by atoms with Gasteiger partial charge in [0.1, 0.15) is 0 Å². The molecule has 7 nitrogen and oxygen atoms in total. The minimum absolute atomic E-state index is 0.112. The molecule has 2 atom stereocenters. The number of para-hydroxylation sites is 1. The zero-order chi connectivity index (χ0) is 23.5. The lowest BCUT2D eigenvalue weighted by atomic mass is 9.94. The number of sulfonamides is 1. The minimum atomic E-state index is -3.65. The molecule has 0 aliphatic carbocycles. The first-order valence-corrected chi connectivity index (χ1v) is 12.3. The fourth-order valence-electron chi connectivity index (χ4n) is 3.72. The third-order valence-corrected chi connectivity index (χ3v) is 7.60. The molecule has 1 heterocycles. The maximum Gasteiger partial charge on any atom is 0.338 e. The van der Waals surface area contributed by atoms with E-state index in [-0.39, 0.29) is 38.0 Å². The minimum Gasteiger partial charge on any atom is -0.452 e. The lowest BCUT2D eigenvalue weighted by Crippen LogP contribution is -2.42. The second kappa shape index (κ2) is 10.2. The summed E-state index contributed by atoms with van der Waals surface area (Å²) in [4.78, 5) is 24.5. The van der Waals surface area contributed by atoms with Gasteiger partial charge in [0.15, 0.2) is 6.61 Å². The predicted octanol–water partition coefficient (Wildman–Crippen LogP) is 4.46. The van der Waals surface area contributed by atoms with Crippen molar-refractivity contribution in [1.29, 1.82) is 0 Å². The number of ether oxygens (including phenoxy) is 1. The normalized spacial score (nSPS) is 19.4. The van der Waals surface area contributed by atoms with E-state index in [0.717, 1.165) is 6.42 Å². The molecule has 1 saturated heterocycles. The van der Waals surface area contributed by atoms with Crippen molar-refractivity contribution in [2.75, 3.05) is 25.0 Å². The van der Waals surface area contributed by atoms with Gasteiger partial charge in [-0.25, -0.2) is 13.2 Å². The maximum atomic E-state index is 12.9. The number of hydrogen-bond acceptors (Lipinski definition) is 5. The molecule has 1 aliphatic heterocycles. The summed E-state index contributed by atoms with van der Waals surface area (Å²) in [5.74, 6) is -0.792. The molecule has 1 fully saturated rings. The van der Waals surface area contributed by atoms with E-state index in [0.29, 0.717) is 13.1 Å². The van der Waals surface area contributed by atoms with Gasteiger partial charge in [-0.3, -0.25) is 4.79 Å². The van der Waals surface area contributed by atoms with Crippen LogP contribution in [0.2, 0.25) is 10.0 Å². The van der Waals surface area contributed by atoms with Crippen molar-refractivity contribution in [2.45, 2.75) is 25.2 Å². The molecule has 0 unspecified atom stereocenters. The fourth-order valence-corrected chi connectivity index (χ4v) is 5.89. The lowest BCUT2D eigenvalue weighted by molar-refractivity contribution is -0.119. The van der Waals surface area contributed by atoms with Crippen molar-refractivity contribution in [3.63, 3.8) is 0 Å². The van der Waals surface area contributed by atoms with Crippen LogP contribution in [0.1, 0.15) is 30.6 Å². The number of rotatable bonds is 6. The lowest BCUT2D eigenvalue weighted by Gasteiger charge is -2.34. The van der Waals surface area contributed by atoms with Crippen LogP contribution in [0.15, 0.2) is 47.4 Å². The third kappa shape index (κ3) is 5.81. The topological polar surface area (TPSA) is 92.8 Å². The molecule has 0 aromatic heterocycles. The number of nitrogens with zero attached hydrogens (tertiary/aromatic N) is 1. The summed E-state index contributed by atoms with van der Waals surface area (Å²) >= 11 is 12.0. The Bertz CT molecular complexity index is 1080. The first-order chi connectivity index (χ1) is 15.1. The molecule has 2 aromatic rings. The van der Waals surface area contributed by atoms with Crippen molar-refractivity contribution in [1.82, 2.24) is 4.31 Å². The SMILES string of the molecule is C[C@@H]1C[C@H](C)CN(S(=O)(=O)c2ccc(C(=O)OCC(=O)Nc3c(Cl)cccc3Cl)cc2)C1. The number of benzene rings is 2. The van der Waals surface area contributed by atoms with Crippen molar-refractivity contribution in [3.05, 3.63) is 58.1 Å². The van der Waals surface area contributed by atoms with E-state index in [1.165, 1.54) is 28.6 Å². The smallest absolute Gasteiger partial charge is 0.338 e. The van der Waals surface area contributed by atoms with E-state index in [1.54, 1.807) is 18.2 Å². The number of esters is 1. The average Bonchev–Trinajstić information content (AvgIpc) is 2.74. The molecule has 0 spiro atoms. The summed E-state index contributed by atoms with van der Waals surface area (Å²) in [7, 11) is -3.65. The molecule has 3 rings (SSSR count). The molecular weight excluding hydrogens is 475 g/mol. The van der Waals surface area contributed by atoms with E-state index >= 15 is 0 Å².